The van der Waals surface area contributed by atoms with Gasteiger partial charge in [-0.3, -0.25) is 4.79 Å². The minimum absolute atomic E-state index is 0.219. The van der Waals surface area contributed by atoms with Crippen molar-refractivity contribution in [1.82, 2.24) is 0 Å². The van der Waals surface area contributed by atoms with Crippen LogP contribution in [0.25, 0.3) is 0 Å². The highest BCUT2D eigenvalue weighted by atomic mass is 16.1. The van der Waals surface area contributed by atoms with Crippen LogP contribution in [-0.2, 0) is 4.79 Å². The number of ketones is 1. The molecule has 0 aliphatic rings. The van der Waals surface area contributed by atoms with Crippen molar-refractivity contribution in [2.45, 2.75) is 111 Å². The number of hydrogen-bond acceptors (Lipinski definition) is 1. The molecule has 0 N–H and O–H groups in total. The lowest BCUT2D eigenvalue weighted by Crippen LogP contribution is -2.05. The minimum Gasteiger partial charge on any atom is -0.299 e. The zero-order valence-corrected chi connectivity index (χ0v) is 15.5. The van der Waals surface area contributed by atoms with E-state index in [1.54, 1.807) is 0 Å². The molecule has 0 aromatic heterocycles. The Morgan fingerprint density at radius 1 is 0.727 bits per heavy atom. The van der Waals surface area contributed by atoms with Crippen LogP contribution in [0.15, 0.2) is 12.2 Å². The molecule has 0 fully saturated rings. The van der Waals surface area contributed by atoms with E-state index in [1.165, 1.54) is 77.0 Å². The second-order valence-corrected chi connectivity index (χ2v) is 6.96. The van der Waals surface area contributed by atoms with Crippen LogP contribution < -0.4 is 0 Å². The lowest BCUT2D eigenvalue weighted by atomic mass is 10.0. The molecule has 0 bridgehead atoms. The molecule has 1 heteroatoms. The van der Waals surface area contributed by atoms with Crippen molar-refractivity contribution in [3.8, 4) is 0 Å². The van der Waals surface area contributed by atoms with Crippen molar-refractivity contribution in [3.05, 3.63) is 12.2 Å². The summed E-state index contributed by atoms with van der Waals surface area (Å²) in [7, 11) is 0. The van der Waals surface area contributed by atoms with Gasteiger partial charge in [0.05, 0.1) is 0 Å². The average molecular weight is 309 g/mol. The Balaban J connectivity index is 3.16. The van der Waals surface area contributed by atoms with Gasteiger partial charge in [-0.2, -0.15) is 0 Å². The van der Waals surface area contributed by atoms with E-state index in [9.17, 15) is 4.79 Å². The third-order valence-corrected chi connectivity index (χ3v) is 4.33. The molecule has 0 radical (unpaired) electrons. The Hall–Kier alpha value is -0.590. The van der Waals surface area contributed by atoms with E-state index in [0.29, 0.717) is 5.78 Å². The van der Waals surface area contributed by atoms with Crippen molar-refractivity contribution in [3.63, 3.8) is 0 Å². The van der Waals surface area contributed by atoms with Crippen LogP contribution >= 0.6 is 0 Å². The molecule has 0 aromatic rings. The number of hydrogen-bond donors (Lipinski definition) is 0. The summed E-state index contributed by atoms with van der Waals surface area (Å²) in [6.45, 7) is 6.27. The highest BCUT2D eigenvalue weighted by Gasteiger charge is 2.05. The number of unbranched alkanes of at least 4 members (excludes halogenated alkanes) is 11. The summed E-state index contributed by atoms with van der Waals surface area (Å²) in [5.74, 6) is 0.648. The third kappa shape index (κ3) is 15.8. The van der Waals surface area contributed by atoms with Crippen molar-refractivity contribution in [2.75, 3.05) is 0 Å². The van der Waals surface area contributed by atoms with Crippen molar-refractivity contribution in [2.24, 2.45) is 5.92 Å². The van der Waals surface area contributed by atoms with Gasteiger partial charge in [0, 0.05) is 12.3 Å². The topological polar surface area (TPSA) is 17.1 Å². The van der Waals surface area contributed by atoms with E-state index >= 15 is 0 Å². The molecule has 0 aliphatic carbocycles. The molecule has 22 heavy (non-hydrogen) atoms. The second-order valence-electron chi connectivity index (χ2n) is 6.96. The normalized spacial score (nSPS) is 11.6. The van der Waals surface area contributed by atoms with Gasteiger partial charge >= 0.3 is 0 Å². The molecular formula is C21H40O. The maximum Gasteiger partial charge on any atom is 0.135 e. The summed E-state index contributed by atoms with van der Waals surface area (Å²) in [4.78, 5) is 11.5. The Morgan fingerprint density at radius 2 is 1.18 bits per heavy atom. The zero-order chi connectivity index (χ0) is 16.5. The standard InChI is InChI=1S/C21H40O/c1-4-5-6-7-8-9-10-11-12-13-14-15-16-17-18-19-21(22)20(2)3/h11-12,20H,4-10,13-19H2,1-3H3/b12-11+. The Labute approximate surface area is 140 Å². The molecule has 0 aromatic carbocycles. The molecule has 0 heterocycles. The van der Waals surface area contributed by atoms with E-state index in [1.807, 2.05) is 13.8 Å². The molecule has 0 saturated heterocycles. The number of Topliss-reactive ketones (excluding diaryl/α,β-unsaturated/α-hetero) is 1. The van der Waals surface area contributed by atoms with Gasteiger partial charge in [0.15, 0.2) is 0 Å². The third-order valence-electron chi connectivity index (χ3n) is 4.33. The number of carbonyl (C=O) groups excluding carboxylic acids is 1. The highest BCUT2D eigenvalue weighted by Crippen LogP contribution is 2.11. The maximum atomic E-state index is 11.5. The van der Waals surface area contributed by atoms with Gasteiger partial charge in [-0.25, -0.2) is 0 Å². The summed E-state index contributed by atoms with van der Waals surface area (Å²) < 4.78 is 0. The van der Waals surface area contributed by atoms with Gasteiger partial charge in [0.1, 0.15) is 5.78 Å². The number of allylic oxidation sites excluding steroid dienone is 2. The SMILES string of the molecule is CCCCCCCC/C=C/CCCCCCCC(=O)C(C)C. The summed E-state index contributed by atoms with van der Waals surface area (Å²) in [6.07, 6.45) is 22.6. The van der Waals surface area contributed by atoms with Crippen LogP contribution in [0.5, 0.6) is 0 Å². The van der Waals surface area contributed by atoms with E-state index < -0.39 is 0 Å². The van der Waals surface area contributed by atoms with Crippen LogP contribution in [0.2, 0.25) is 0 Å². The molecule has 1 nitrogen and oxygen atoms in total. The fourth-order valence-corrected chi connectivity index (χ4v) is 2.66. The molecule has 0 amide bonds. The first-order chi connectivity index (χ1) is 10.7. The predicted molar refractivity (Wildman–Crippen MR) is 99.3 cm³/mol. The van der Waals surface area contributed by atoms with Crippen LogP contribution in [0.1, 0.15) is 111 Å². The van der Waals surface area contributed by atoms with Crippen LogP contribution in [0.4, 0.5) is 0 Å². The summed E-state index contributed by atoms with van der Waals surface area (Å²) in [5.41, 5.74) is 0. The molecular weight excluding hydrogens is 268 g/mol. The average Bonchev–Trinajstić information content (AvgIpc) is 2.50. The lowest BCUT2D eigenvalue weighted by Gasteiger charge is -2.03. The quantitative estimate of drug-likeness (QED) is 0.217. The first-order valence-electron chi connectivity index (χ1n) is 9.86. The van der Waals surface area contributed by atoms with Gasteiger partial charge in [0.2, 0.25) is 0 Å². The number of rotatable bonds is 16. The van der Waals surface area contributed by atoms with Gasteiger partial charge in [-0.15, -0.1) is 0 Å². The molecule has 0 aliphatic heterocycles. The van der Waals surface area contributed by atoms with Crippen molar-refractivity contribution >= 4 is 5.78 Å². The maximum absolute atomic E-state index is 11.5. The Morgan fingerprint density at radius 3 is 1.68 bits per heavy atom. The Kier molecular flexibility index (Phi) is 16.3. The summed E-state index contributed by atoms with van der Waals surface area (Å²) in [5, 5.41) is 0. The largest absolute Gasteiger partial charge is 0.299 e. The fraction of sp³-hybridized carbons (Fsp3) is 0.857. The fourth-order valence-electron chi connectivity index (χ4n) is 2.66. The van der Waals surface area contributed by atoms with Crippen molar-refractivity contribution in [1.29, 1.82) is 0 Å². The first-order valence-corrected chi connectivity index (χ1v) is 9.86. The summed E-state index contributed by atoms with van der Waals surface area (Å²) >= 11 is 0. The van der Waals surface area contributed by atoms with E-state index in [4.69, 9.17) is 0 Å². The molecule has 0 rings (SSSR count). The molecule has 0 atom stereocenters. The van der Waals surface area contributed by atoms with Gasteiger partial charge in [-0.05, 0) is 32.1 Å². The molecule has 0 unspecified atom stereocenters. The monoisotopic (exact) mass is 308 g/mol. The van der Waals surface area contributed by atoms with Crippen LogP contribution in [0.3, 0.4) is 0 Å². The second kappa shape index (κ2) is 16.8. The Bertz CT molecular complexity index is 265. The van der Waals surface area contributed by atoms with Gasteiger partial charge in [0.25, 0.3) is 0 Å². The summed E-state index contributed by atoms with van der Waals surface area (Å²) in [6, 6.07) is 0. The van der Waals surface area contributed by atoms with E-state index in [-0.39, 0.29) is 5.92 Å². The van der Waals surface area contributed by atoms with Crippen molar-refractivity contribution < 1.29 is 4.79 Å². The van der Waals surface area contributed by atoms with E-state index in [0.717, 1.165) is 12.8 Å². The lowest BCUT2D eigenvalue weighted by molar-refractivity contribution is -0.122. The van der Waals surface area contributed by atoms with Crippen LogP contribution in [0, 0.1) is 5.92 Å². The van der Waals surface area contributed by atoms with Gasteiger partial charge in [-0.1, -0.05) is 84.3 Å². The smallest absolute Gasteiger partial charge is 0.135 e. The van der Waals surface area contributed by atoms with Crippen LogP contribution in [-0.4, -0.2) is 5.78 Å². The van der Waals surface area contributed by atoms with E-state index in [2.05, 4.69) is 19.1 Å². The molecule has 0 saturated carbocycles. The first kappa shape index (κ1) is 21.4. The molecule has 130 valence electrons. The van der Waals surface area contributed by atoms with Gasteiger partial charge < -0.3 is 0 Å². The minimum atomic E-state index is 0.219. The number of carbonyl (C=O) groups is 1. The predicted octanol–water partition coefficient (Wildman–Crippen LogP) is 7.25. The highest BCUT2D eigenvalue weighted by molar-refractivity contribution is 5.80. The molecule has 0 spiro atoms. The zero-order valence-electron chi connectivity index (χ0n) is 15.5.